The van der Waals surface area contributed by atoms with E-state index in [1.165, 1.54) is 11.8 Å². The van der Waals surface area contributed by atoms with Gasteiger partial charge in [0.05, 0.1) is 17.6 Å². The molecule has 0 saturated carbocycles. The standard InChI is InChI=1S/C16H13NO5S2/c1-2-21-15(19)12-10-9(11-13(23-12)17-16(20)24-11)7-5-3-4-6-8(7)22-14(10)18/h3-6,9-10,12H,2H2,1H3,(H,17,20)/t9-,10-,12+/m0/s1. The van der Waals surface area contributed by atoms with Gasteiger partial charge in [0.2, 0.25) is 0 Å². The average Bonchev–Trinajstić information content (AvgIpc) is 2.94. The molecule has 24 heavy (non-hydrogen) atoms. The predicted molar refractivity (Wildman–Crippen MR) is 88.6 cm³/mol. The molecule has 124 valence electrons. The third-order valence-corrected chi connectivity index (χ3v) is 6.50. The van der Waals surface area contributed by atoms with Crippen molar-refractivity contribution in [3.8, 4) is 5.75 Å². The van der Waals surface area contributed by atoms with E-state index in [-0.39, 0.29) is 17.4 Å². The third-order valence-electron chi connectivity index (χ3n) is 4.11. The van der Waals surface area contributed by atoms with E-state index in [1.54, 1.807) is 19.1 Å². The Morgan fingerprint density at radius 1 is 1.33 bits per heavy atom. The van der Waals surface area contributed by atoms with Gasteiger partial charge >= 0.3 is 16.8 Å². The minimum Gasteiger partial charge on any atom is -0.465 e. The predicted octanol–water partition coefficient (Wildman–Crippen LogP) is 2.14. The summed E-state index contributed by atoms with van der Waals surface area (Å²) < 4.78 is 10.6. The topological polar surface area (TPSA) is 85.5 Å². The first-order chi connectivity index (χ1) is 11.6. The quantitative estimate of drug-likeness (QED) is 0.650. The number of carbonyl (C=O) groups excluding carboxylic acids is 2. The molecule has 1 aromatic carbocycles. The van der Waals surface area contributed by atoms with Crippen molar-refractivity contribution in [1.29, 1.82) is 0 Å². The van der Waals surface area contributed by atoms with Gasteiger partial charge in [-0.2, -0.15) is 0 Å². The van der Waals surface area contributed by atoms with Crippen molar-refractivity contribution in [2.24, 2.45) is 5.92 Å². The van der Waals surface area contributed by atoms with E-state index < -0.39 is 23.1 Å². The molecule has 0 amide bonds. The number of hydrogen-bond donors (Lipinski definition) is 1. The molecule has 3 heterocycles. The molecule has 0 saturated heterocycles. The Morgan fingerprint density at radius 3 is 2.92 bits per heavy atom. The van der Waals surface area contributed by atoms with E-state index in [0.29, 0.717) is 10.8 Å². The molecule has 0 spiro atoms. The van der Waals surface area contributed by atoms with Gasteiger partial charge in [-0.3, -0.25) is 14.4 Å². The molecule has 2 aliphatic rings. The first-order valence-corrected chi connectivity index (χ1v) is 9.16. The Hall–Kier alpha value is -2.06. The number of rotatable bonds is 2. The number of benzene rings is 1. The lowest BCUT2D eigenvalue weighted by Gasteiger charge is -2.37. The lowest BCUT2D eigenvalue weighted by molar-refractivity contribution is -0.150. The highest BCUT2D eigenvalue weighted by atomic mass is 32.2. The Kier molecular flexibility index (Phi) is 3.73. The highest BCUT2D eigenvalue weighted by Gasteiger charge is 2.52. The fourth-order valence-electron chi connectivity index (χ4n) is 3.18. The highest BCUT2D eigenvalue weighted by Crippen LogP contribution is 2.53. The van der Waals surface area contributed by atoms with Gasteiger partial charge in [-0.05, 0) is 13.0 Å². The molecule has 1 N–H and O–H groups in total. The molecule has 0 aliphatic carbocycles. The van der Waals surface area contributed by atoms with Crippen molar-refractivity contribution in [2.75, 3.05) is 6.61 Å². The number of carbonyl (C=O) groups is 2. The molecule has 0 unspecified atom stereocenters. The van der Waals surface area contributed by atoms with Crippen LogP contribution in [0.15, 0.2) is 34.1 Å². The molecule has 1 aromatic heterocycles. The summed E-state index contributed by atoms with van der Waals surface area (Å²) in [7, 11) is 0. The zero-order valence-electron chi connectivity index (χ0n) is 12.6. The second kappa shape index (κ2) is 5.78. The van der Waals surface area contributed by atoms with Crippen LogP contribution in [-0.4, -0.2) is 28.8 Å². The monoisotopic (exact) mass is 363 g/mol. The summed E-state index contributed by atoms with van der Waals surface area (Å²) in [5, 5.41) is -0.109. The number of esters is 2. The number of thiazole rings is 1. The fourth-order valence-corrected chi connectivity index (χ4v) is 5.64. The van der Waals surface area contributed by atoms with E-state index in [2.05, 4.69) is 4.98 Å². The molecule has 2 aliphatic heterocycles. The summed E-state index contributed by atoms with van der Waals surface area (Å²) in [6.45, 7) is 1.95. The number of ether oxygens (including phenoxy) is 2. The maximum atomic E-state index is 12.6. The zero-order chi connectivity index (χ0) is 16.8. The zero-order valence-corrected chi connectivity index (χ0v) is 14.2. The van der Waals surface area contributed by atoms with Crippen molar-refractivity contribution in [3.63, 3.8) is 0 Å². The average molecular weight is 363 g/mol. The van der Waals surface area contributed by atoms with Gasteiger partial charge in [-0.15, -0.1) is 0 Å². The van der Waals surface area contributed by atoms with Crippen LogP contribution in [0, 0.1) is 5.92 Å². The summed E-state index contributed by atoms with van der Waals surface area (Å²) >= 11 is 2.25. The molecule has 4 rings (SSSR count). The molecular formula is C16H13NO5S2. The van der Waals surface area contributed by atoms with Crippen molar-refractivity contribution in [1.82, 2.24) is 4.98 Å². The SMILES string of the molecule is CCOC(=O)[C@@H]1Sc2[nH]c(=O)sc2[C@H]2c3ccccc3OC(=O)[C@@H]21. The number of aromatic nitrogens is 1. The molecule has 2 aromatic rings. The van der Waals surface area contributed by atoms with Crippen molar-refractivity contribution >= 4 is 35.0 Å². The van der Waals surface area contributed by atoms with Gasteiger partial charge in [0.1, 0.15) is 11.0 Å². The number of aromatic amines is 1. The van der Waals surface area contributed by atoms with Crippen LogP contribution in [0.5, 0.6) is 5.75 Å². The normalized spacial score (nSPS) is 24.4. The summed E-state index contributed by atoms with van der Waals surface area (Å²) in [5.74, 6) is -1.53. The number of fused-ring (bicyclic) bond motifs is 5. The number of thioether (sulfide) groups is 1. The largest absolute Gasteiger partial charge is 0.465 e. The highest BCUT2D eigenvalue weighted by molar-refractivity contribution is 8.00. The molecule has 3 atom stereocenters. The number of nitrogens with one attached hydrogen (secondary N) is 1. The van der Waals surface area contributed by atoms with Crippen LogP contribution < -0.4 is 9.61 Å². The van der Waals surface area contributed by atoms with Crippen molar-refractivity contribution < 1.29 is 19.1 Å². The lowest BCUT2D eigenvalue weighted by atomic mass is 9.80. The molecular weight excluding hydrogens is 350 g/mol. The summed E-state index contributed by atoms with van der Waals surface area (Å²) in [6.07, 6.45) is 0. The number of H-pyrrole nitrogens is 1. The van der Waals surface area contributed by atoms with Gasteiger partial charge in [-0.25, -0.2) is 0 Å². The fraction of sp³-hybridized carbons (Fsp3) is 0.312. The van der Waals surface area contributed by atoms with E-state index >= 15 is 0 Å². The van der Waals surface area contributed by atoms with Crippen molar-refractivity contribution in [3.05, 3.63) is 44.4 Å². The molecule has 0 fully saturated rings. The van der Waals surface area contributed by atoms with E-state index in [1.807, 2.05) is 12.1 Å². The van der Waals surface area contributed by atoms with Crippen LogP contribution in [0.3, 0.4) is 0 Å². The Morgan fingerprint density at radius 2 is 2.12 bits per heavy atom. The van der Waals surface area contributed by atoms with Gasteiger partial charge in [0, 0.05) is 16.4 Å². The maximum Gasteiger partial charge on any atom is 0.320 e. The summed E-state index contributed by atoms with van der Waals surface area (Å²) in [6, 6.07) is 7.23. The molecule has 8 heteroatoms. The number of para-hydroxylation sites is 1. The lowest BCUT2D eigenvalue weighted by Crippen LogP contribution is -2.44. The first-order valence-electron chi connectivity index (χ1n) is 7.47. The van der Waals surface area contributed by atoms with Crippen molar-refractivity contribution in [2.45, 2.75) is 23.1 Å². The molecule has 6 nitrogen and oxygen atoms in total. The Bertz CT molecular complexity index is 887. The van der Waals surface area contributed by atoms with Crippen LogP contribution in [0.2, 0.25) is 0 Å². The van der Waals surface area contributed by atoms with Gasteiger partial charge < -0.3 is 14.5 Å². The van der Waals surface area contributed by atoms with E-state index in [0.717, 1.165) is 21.8 Å². The van der Waals surface area contributed by atoms with Gasteiger partial charge in [-0.1, -0.05) is 41.3 Å². The first kappa shape index (κ1) is 15.5. The van der Waals surface area contributed by atoms with Gasteiger partial charge in [0.15, 0.2) is 0 Å². The van der Waals surface area contributed by atoms with Crippen LogP contribution in [0.4, 0.5) is 0 Å². The van der Waals surface area contributed by atoms with Crippen LogP contribution in [-0.2, 0) is 14.3 Å². The van der Waals surface area contributed by atoms with Crippen LogP contribution in [0.25, 0.3) is 0 Å². The smallest absolute Gasteiger partial charge is 0.320 e. The van der Waals surface area contributed by atoms with Crippen LogP contribution >= 0.6 is 23.1 Å². The number of hydrogen-bond acceptors (Lipinski definition) is 7. The Labute approximate surface area is 145 Å². The minimum absolute atomic E-state index is 0.202. The van der Waals surface area contributed by atoms with Gasteiger partial charge in [0.25, 0.3) is 0 Å². The minimum atomic E-state index is -0.742. The van der Waals surface area contributed by atoms with E-state index in [9.17, 15) is 14.4 Å². The summed E-state index contributed by atoms with van der Waals surface area (Å²) in [5.41, 5.74) is 0.813. The second-order valence-corrected chi connectivity index (χ2v) is 7.63. The maximum absolute atomic E-state index is 12.6. The van der Waals surface area contributed by atoms with E-state index in [4.69, 9.17) is 9.47 Å². The Balaban J connectivity index is 1.90. The summed E-state index contributed by atoms with van der Waals surface area (Å²) in [4.78, 5) is 40.2. The van der Waals surface area contributed by atoms with Crippen LogP contribution in [0.1, 0.15) is 23.3 Å². The molecule has 0 radical (unpaired) electrons. The molecule has 0 bridgehead atoms. The third kappa shape index (κ3) is 2.29. The second-order valence-electron chi connectivity index (χ2n) is 5.46.